The van der Waals surface area contributed by atoms with E-state index >= 15 is 0 Å². The van der Waals surface area contributed by atoms with E-state index in [9.17, 15) is 12.8 Å². The Balaban J connectivity index is 1.88. The SMILES string of the molecule is Cc1ccc2c(c1)S(=O)(=O)C=C2COc1cccc(F)c1. The molecular formula is C16H13FO3S. The van der Waals surface area contributed by atoms with Gasteiger partial charge in [0.05, 0.1) is 4.90 Å². The molecule has 1 heterocycles. The molecular weight excluding hydrogens is 291 g/mol. The Hall–Kier alpha value is -2.14. The molecule has 0 atom stereocenters. The number of benzene rings is 2. The molecule has 0 spiro atoms. The molecule has 0 aromatic heterocycles. The molecule has 2 aromatic carbocycles. The Morgan fingerprint density at radius 2 is 1.95 bits per heavy atom. The fourth-order valence-electron chi connectivity index (χ4n) is 2.27. The van der Waals surface area contributed by atoms with Crippen LogP contribution in [0, 0.1) is 12.7 Å². The molecule has 3 nitrogen and oxygen atoms in total. The third-order valence-corrected chi connectivity index (χ3v) is 4.82. The number of hydrogen-bond acceptors (Lipinski definition) is 3. The van der Waals surface area contributed by atoms with Gasteiger partial charge in [0.2, 0.25) is 9.84 Å². The summed E-state index contributed by atoms with van der Waals surface area (Å²) >= 11 is 0. The molecule has 1 aliphatic heterocycles. The van der Waals surface area contributed by atoms with E-state index in [4.69, 9.17) is 4.74 Å². The van der Waals surface area contributed by atoms with Crippen LogP contribution >= 0.6 is 0 Å². The number of sulfone groups is 1. The third-order valence-electron chi connectivity index (χ3n) is 3.28. The summed E-state index contributed by atoms with van der Waals surface area (Å²) in [6, 6.07) is 11.0. The van der Waals surface area contributed by atoms with Crippen LogP contribution in [0.4, 0.5) is 4.39 Å². The van der Waals surface area contributed by atoms with Gasteiger partial charge < -0.3 is 4.74 Å². The molecule has 0 amide bonds. The van der Waals surface area contributed by atoms with Gasteiger partial charge in [-0.25, -0.2) is 12.8 Å². The van der Waals surface area contributed by atoms with Gasteiger partial charge in [0, 0.05) is 22.6 Å². The Kier molecular flexibility index (Phi) is 3.29. The summed E-state index contributed by atoms with van der Waals surface area (Å²) < 4.78 is 42.7. The second-order valence-corrected chi connectivity index (χ2v) is 6.70. The molecule has 0 N–H and O–H groups in total. The third kappa shape index (κ3) is 2.69. The van der Waals surface area contributed by atoms with Gasteiger partial charge in [-0.3, -0.25) is 0 Å². The van der Waals surface area contributed by atoms with Crippen LogP contribution in [-0.2, 0) is 9.84 Å². The lowest BCUT2D eigenvalue weighted by molar-refractivity contribution is 0.367. The molecule has 21 heavy (non-hydrogen) atoms. The van der Waals surface area contributed by atoms with Crippen molar-refractivity contribution in [1.82, 2.24) is 0 Å². The zero-order chi connectivity index (χ0) is 15.0. The maximum atomic E-state index is 13.1. The minimum atomic E-state index is -3.41. The van der Waals surface area contributed by atoms with Crippen molar-refractivity contribution in [1.29, 1.82) is 0 Å². The lowest BCUT2D eigenvalue weighted by Gasteiger charge is -2.08. The van der Waals surface area contributed by atoms with Crippen LogP contribution in [0.15, 0.2) is 52.8 Å². The Morgan fingerprint density at radius 1 is 1.14 bits per heavy atom. The minimum Gasteiger partial charge on any atom is -0.489 e. The molecule has 0 saturated heterocycles. The van der Waals surface area contributed by atoms with Crippen LogP contribution in [0.3, 0.4) is 0 Å². The quantitative estimate of drug-likeness (QED) is 0.873. The average molecular weight is 304 g/mol. The van der Waals surface area contributed by atoms with E-state index in [0.29, 0.717) is 21.8 Å². The second-order valence-electron chi connectivity index (χ2n) is 4.93. The van der Waals surface area contributed by atoms with Gasteiger partial charge >= 0.3 is 0 Å². The molecule has 5 heteroatoms. The zero-order valence-corrected chi connectivity index (χ0v) is 12.2. The molecule has 0 saturated carbocycles. The Bertz CT molecular complexity index is 838. The first-order valence-electron chi connectivity index (χ1n) is 6.41. The highest BCUT2D eigenvalue weighted by Gasteiger charge is 2.27. The molecule has 0 bridgehead atoms. The van der Waals surface area contributed by atoms with Crippen molar-refractivity contribution in [2.75, 3.05) is 6.61 Å². The number of rotatable bonds is 3. The van der Waals surface area contributed by atoms with Crippen molar-refractivity contribution in [3.8, 4) is 5.75 Å². The van der Waals surface area contributed by atoms with E-state index < -0.39 is 15.7 Å². The zero-order valence-electron chi connectivity index (χ0n) is 11.3. The van der Waals surface area contributed by atoms with Crippen LogP contribution in [-0.4, -0.2) is 15.0 Å². The predicted molar refractivity (Wildman–Crippen MR) is 78.2 cm³/mol. The van der Waals surface area contributed by atoms with Gasteiger partial charge in [-0.15, -0.1) is 0 Å². The Labute approximate surface area is 122 Å². The van der Waals surface area contributed by atoms with E-state index in [0.717, 1.165) is 5.56 Å². The molecule has 0 radical (unpaired) electrons. The second kappa shape index (κ2) is 5.00. The summed E-state index contributed by atoms with van der Waals surface area (Å²) in [6.07, 6.45) is 0. The number of ether oxygens (including phenoxy) is 1. The minimum absolute atomic E-state index is 0.0821. The summed E-state index contributed by atoms with van der Waals surface area (Å²) in [6.45, 7) is 1.93. The molecule has 0 fully saturated rings. The number of aryl methyl sites for hydroxylation is 1. The molecule has 3 rings (SSSR count). The van der Waals surface area contributed by atoms with Crippen LogP contribution in [0.5, 0.6) is 5.75 Å². The largest absolute Gasteiger partial charge is 0.489 e. The van der Waals surface area contributed by atoms with Crippen LogP contribution in [0.1, 0.15) is 11.1 Å². The summed E-state index contributed by atoms with van der Waals surface area (Å²) in [5.74, 6) is -0.0228. The summed E-state index contributed by atoms with van der Waals surface area (Å²) in [5.41, 5.74) is 2.12. The Morgan fingerprint density at radius 3 is 2.71 bits per heavy atom. The molecule has 1 aliphatic rings. The van der Waals surface area contributed by atoms with E-state index in [1.807, 2.05) is 13.0 Å². The van der Waals surface area contributed by atoms with Gasteiger partial charge in [0.15, 0.2) is 0 Å². The average Bonchev–Trinajstić information content (AvgIpc) is 2.68. The first kappa shape index (κ1) is 13.8. The van der Waals surface area contributed by atoms with Crippen LogP contribution in [0.2, 0.25) is 0 Å². The van der Waals surface area contributed by atoms with Gasteiger partial charge in [-0.05, 0) is 30.7 Å². The van der Waals surface area contributed by atoms with Crippen molar-refractivity contribution in [3.05, 3.63) is 64.8 Å². The van der Waals surface area contributed by atoms with Crippen molar-refractivity contribution >= 4 is 15.4 Å². The highest BCUT2D eigenvalue weighted by molar-refractivity contribution is 7.95. The number of halogens is 1. The maximum Gasteiger partial charge on any atom is 0.200 e. The van der Waals surface area contributed by atoms with Gasteiger partial charge in [-0.2, -0.15) is 0 Å². The van der Waals surface area contributed by atoms with E-state index in [2.05, 4.69) is 0 Å². The fraction of sp³-hybridized carbons (Fsp3) is 0.125. The molecule has 0 unspecified atom stereocenters. The van der Waals surface area contributed by atoms with Crippen molar-refractivity contribution in [2.45, 2.75) is 11.8 Å². The highest BCUT2D eigenvalue weighted by Crippen LogP contribution is 2.34. The van der Waals surface area contributed by atoms with E-state index in [1.54, 1.807) is 24.3 Å². The van der Waals surface area contributed by atoms with Gasteiger partial charge in [0.25, 0.3) is 0 Å². The molecule has 2 aromatic rings. The smallest absolute Gasteiger partial charge is 0.200 e. The van der Waals surface area contributed by atoms with Crippen LogP contribution < -0.4 is 4.74 Å². The van der Waals surface area contributed by atoms with Crippen molar-refractivity contribution in [2.24, 2.45) is 0 Å². The van der Waals surface area contributed by atoms with E-state index in [1.165, 1.54) is 17.5 Å². The van der Waals surface area contributed by atoms with Crippen LogP contribution in [0.25, 0.3) is 5.57 Å². The summed E-state index contributed by atoms with van der Waals surface area (Å²) in [4.78, 5) is 0.306. The first-order valence-corrected chi connectivity index (χ1v) is 7.95. The molecule has 108 valence electrons. The number of hydrogen-bond donors (Lipinski definition) is 0. The fourth-order valence-corrected chi connectivity index (χ4v) is 3.83. The lowest BCUT2D eigenvalue weighted by atomic mass is 10.1. The van der Waals surface area contributed by atoms with E-state index in [-0.39, 0.29) is 6.61 Å². The topological polar surface area (TPSA) is 43.4 Å². The van der Waals surface area contributed by atoms with Gasteiger partial charge in [-0.1, -0.05) is 18.2 Å². The highest BCUT2D eigenvalue weighted by atomic mass is 32.2. The lowest BCUT2D eigenvalue weighted by Crippen LogP contribution is -2.00. The number of fused-ring (bicyclic) bond motifs is 1. The standard InChI is InChI=1S/C16H13FO3S/c1-11-5-6-15-12(10-21(18,19)16(15)7-11)9-20-14-4-2-3-13(17)8-14/h2-8,10H,9H2,1H3. The summed E-state index contributed by atoms with van der Waals surface area (Å²) in [7, 11) is -3.41. The first-order chi connectivity index (χ1) is 9.95. The van der Waals surface area contributed by atoms with Crippen molar-refractivity contribution < 1.29 is 17.5 Å². The maximum absolute atomic E-state index is 13.1. The van der Waals surface area contributed by atoms with Gasteiger partial charge in [0.1, 0.15) is 18.2 Å². The van der Waals surface area contributed by atoms with Crippen molar-refractivity contribution in [3.63, 3.8) is 0 Å². The predicted octanol–water partition coefficient (Wildman–Crippen LogP) is 3.34. The molecule has 0 aliphatic carbocycles. The normalized spacial score (nSPS) is 15.4. The monoisotopic (exact) mass is 304 g/mol. The summed E-state index contributed by atoms with van der Waals surface area (Å²) in [5, 5.41) is 1.22.